The van der Waals surface area contributed by atoms with Gasteiger partial charge in [0.05, 0.1) is 0 Å². The molecule has 0 saturated heterocycles. The standard InChI is InChI=1S/C10H15ClN2O/c1-7-5-9(11)3-4-10(7)14-8(2)6-13-12/h3-5,8,13H,6,12H2,1-2H3. The van der Waals surface area contributed by atoms with Crippen molar-refractivity contribution >= 4 is 11.6 Å². The molecular formula is C10H15ClN2O. The van der Waals surface area contributed by atoms with Gasteiger partial charge in [0.1, 0.15) is 11.9 Å². The normalized spacial score (nSPS) is 12.6. The molecule has 1 aromatic carbocycles. The molecule has 1 rings (SSSR count). The lowest BCUT2D eigenvalue weighted by Gasteiger charge is -2.15. The fourth-order valence-electron chi connectivity index (χ4n) is 1.17. The van der Waals surface area contributed by atoms with Crippen molar-refractivity contribution in [1.29, 1.82) is 0 Å². The van der Waals surface area contributed by atoms with Gasteiger partial charge in [0.2, 0.25) is 0 Å². The van der Waals surface area contributed by atoms with E-state index in [0.717, 1.165) is 16.3 Å². The number of rotatable bonds is 4. The lowest BCUT2D eigenvalue weighted by atomic mass is 10.2. The van der Waals surface area contributed by atoms with Gasteiger partial charge in [0, 0.05) is 11.6 Å². The van der Waals surface area contributed by atoms with Gasteiger partial charge in [-0.05, 0) is 37.6 Å². The van der Waals surface area contributed by atoms with Gasteiger partial charge >= 0.3 is 0 Å². The number of benzene rings is 1. The van der Waals surface area contributed by atoms with E-state index in [4.69, 9.17) is 22.2 Å². The zero-order valence-electron chi connectivity index (χ0n) is 8.38. The molecule has 3 N–H and O–H groups in total. The lowest BCUT2D eigenvalue weighted by Crippen LogP contribution is -2.33. The third-order valence-corrected chi connectivity index (χ3v) is 2.11. The van der Waals surface area contributed by atoms with Crippen LogP contribution in [-0.4, -0.2) is 12.6 Å². The number of nitrogens with two attached hydrogens (primary N) is 1. The highest BCUT2D eigenvalue weighted by Crippen LogP contribution is 2.22. The molecule has 0 spiro atoms. The Bertz CT molecular complexity index is 304. The first kappa shape index (κ1) is 11.3. The van der Waals surface area contributed by atoms with E-state index in [9.17, 15) is 0 Å². The highest BCUT2D eigenvalue weighted by atomic mass is 35.5. The minimum atomic E-state index is 0.0416. The summed E-state index contributed by atoms with van der Waals surface area (Å²) in [6, 6.07) is 5.55. The Morgan fingerprint density at radius 3 is 2.86 bits per heavy atom. The molecule has 0 amide bonds. The van der Waals surface area contributed by atoms with Gasteiger partial charge in [0.25, 0.3) is 0 Å². The van der Waals surface area contributed by atoms with Crippen LogP contribution in [0.15, 0.2) is 18.2 Å². The Balaban J connectivity index is 2.67. The first-order chi connectivity index (χ1) is 6.63. The molecule has 0 fully saturated rings. The monoisotopic (exact) mass is 214 g/mol. The van der Waals surface area contributed by atoms with Gasteiger partial charge < -0.3 is 4.74 Å². The van der Waals surface area contributed by atoms with E-state index in [1.807, 2.05) is 32.0 Å². The topological polar surface area (TPSA) is 47.3 Å². The summed E-state index contributed by atoms with van der Waals surface area (Å²) in [6.07, 6.45) is 0.0416. The number of nitrogens with one attached hydrogen (secondary N) is 1. The van der Waals surface area contributed by atoms with Crippen molar-refractivity contribution in [2.45, 2.75) is 20.0 Å². The summed E-state index contributed by atoms with van der Waals surface area (Å²) in [5.74, 6) is 6.04. The Morgan fingerprint density at radius 2 is 2.29 bits per heavy atom. The summed E-state index contributed by atoms with van der Waals surface area (Å²) >= 11 is 5.83. The number of hydrogen-bond donors (Lipinski definition) is 2. The molecule has 3 nitrogen and oxygen atoms in total. The summed E-state index contributed by atoms with van der Waals surface area (Å²) in [7, 11) is 0. The highest BCUT2D eigenvalue weighted by molar-refractivity contribution is 6.30. The van der Waals surface area contributed by atoms with E-state index in [-0.39, 0.29) is 6.10 Å². The molecule has 0 heterocycles. The van der Waals surface area contributed by atoms with Crippen LogP contribution >= 0.6 is 11.6 Å². The smallest absolute Gasteiger partial charge is 0.122 e. The first-order valence-electron chi connectivity index (χ1n) is 4.49. The summed E-state index contributed by atoms with van der Waals surface area (Å²) in [5.41, 5.74) is 3.60. The van der Waals surface area contributed by atoms with Gasteiger partial charge in [-0.25, -0.2) is 0 Å². The van der Waals surface area contributed by atoms with Crippen molar-refractivity contribution in [3.05, 3.63) is 28.8 Å². The molecule has 14 heavy (non-hydrogen) atoms. The van der Waals surface area contributed by atoms with Crippen molar-refractivity contribution in [2.75, 3.05) is 6.54 Å². The summed E-state index contributed by atoms with van der Waals surface area (Å²) < 4.78 is 5.64. The van der Waals surface area contributed by atoms with E-state index >= 15 is 0 Å². The number of ether oxygens (including phenoxy) is 1. The van der Waals surface area contributed by atoms with E-state index < -0.39 is 0 Å². The molecule has 0 aliphatic heterocycles. The van der Waals surface area contributed by atoms with Gasteiger partial charge in [-0.1, -0.05) is 11.6 Å². The largest absolute Gasteiger partial charge is 0.489 e. The lowest BCUT2D eigenvalue weighted by molar-refractivity contribution is 0.216. The van der Waals surface area contributed by atoms with Crippen LogP contribution in [0.2, 0.25) is 5.02 Å². The van der Waals surface area contributed by atoms with Crippen molar-refractivity contribution in [1.82, 2.24) is 5.43 Å². The van der Waals surface area contributed by atoms with Gasteiger partial charge in [-0.2, -0.15) is 0 Å². The molecule has 78 valence electrons. The number of aryl methyl sites for hydroxylation is 1. The van der Waals surface area contributed by atoms with E-state index in [2.05, 4.69) is 5.43 Å². The molecule has 1 unspecified atom stereocenters. The molecule has 0 bridgehead atoms. The Hall–Kier alpha value is -0.770. The average molecular weight is 215 g/mol. The first-order valence-corrected chi connectivity index (χ1v) is 4.87. The maximum atomic E-state index is 5.83. The number of halogens is 1. The molecule has 4 heteroatoms. The maximum Gasteiger partial charge on any atom is 0.122 e. The van der Waals surface area contributed by atoms with Crippen molar-refractivity contribution in [3.8, 4) is 5.75 Å². The minimum absolute atomic E-state index is 0.0416. The molecule has 0 saturated carbocycles. The summed E-state index contributed by atoms with van der Waals surface area (Å²) in [5, 5.41) is 0.722. The zero-order chi connectivity index (χ0) is 10.6. The third kappa shape index (κ3) is 3.18. The molecule has 1 atom stereocenters. The zero-order valence-corrected chi connectivity index (χ0v) is 9.14. The van der Waals surface area contributed by atoms with Gasteiger partial charge in [-0.3, -0.25) is 11.3 Å². The van der Waals surface area contributed by atoms with Crippen LogP contribution in [0.1, 0.15) is 12.5 Å². The molecule has 0 aromatic heterocycles. The van der Waals surface area contributed by atoms with Crippen molar-refractivity contribution < 1.29 is 4.74 Å². The van der Waals surface area contributed by atoms with Crippen molar-refractivity contribution in [2.24, 2.45) is 5.84 Å². The SMILES string of the molecule is Cc1cc(Cl)ccc1OC(C)CNN. The molecule has 0 aliphatic rings. The third-order valence-electron chi connectivity index (χ3n) is 1.87. The fourth-order valence-corrected chi connectivity index (χ4v) is 1.40. The van der Waals surface area contributed by atoms with Crippen LogP contribution in [0.4, 0.5) is 0 Å². The maximum absolute atomic E-state index is 5.83. The second kappa shape index (κ2) is 5.20. The van der Waals surface area contributed by atoms with Crippen LogP contribution in [0, 0.1) is 6.92 Å². The molecular weight excluding hydrogens is 200 g/mol. The average Bonchev–Trinajstić information content (AvgIpc) is 2.10. The van der Waals surface area contributed by atoms with Gasteiger partial charge in [0.15, 0.2) is 0 Å². The second-order valence-corrected chi connectivity index (χ2v) is 3.68. The minimum Gasteiger partial charge on any atom is -0.489 e. The Morgan fingerprint density at radius 1 is 1.57 bits per heavy atom. The van der Waals surface area contributed by atoms with Gasteiger partial charge in [-0.15, -0.1) is 0 Å². The predicted octanol–water partition coefficient (Wildman–Crippen LogP) is 1.88. The van der Waals surface area contributed by atoms with Crippen LogP contribution < -0.4 is 16.0 Å². The van der Waals surface area contributed by atoms with Crippen molar-refractivity contribution in [3.63, 3.8) is 0 Å². The fraction of sp³-hybridized carbons (Fsp3) is 0.400. The number of hydrogen-bond acceptors (Lipinski definition) is 3. The quantitative estimate of drug-likeness (QED) is 0.594. The summed E-state index contributed by atoms with van der Waals surface area (Å²) in [6.45, 7) is 4.53. The molecule has 0 radical (unpaired) electrons. The predicted molar refractivity (Wildman–Crippen MR) is 58.5 cm³/mol. The summed E-state index contributed by atoms with van der Waals surface area (Å²) in [4.78, 5) is 0. The van der Waals surface area contributed by atoms with Crippen LogP contribution in [-0.2, 0) is 0 Å². The molecule has 0 aliphatic carbocycles. The highest BCUT2D eigenvalue weighted by Gasteiger charge is 2.05. The Kier molecular flexibility index (Phi) is 4.20. The van der Waals surface area contributed by atoms with Crippen LogP contribution in [0.5, 0.6) is 5.75 Å². The Labute approximate surface area is 89.2 Å². The molecule has 1 aromatic rings. The van der Waals surface area contributed by atoms with E-state index in [1.54, 1.807) is 0 Å². The van der Waals surface area contributed by atoms with E-state index in [1.165, 1.54) is 0 Å². The van der Waals surface area contributed by atoms with Crippen LogP contribution in [0.3, 0.4) is 0 Å². The van der Waals surface area contributed by atoms with Crippen LogP contribution in [0.25, 0.3) is 0 Å². The van der Waals surface area contributed by atoms with E-state index in [0.29, 0.717) is 6.54 Å². The number of hydrazine groups is 1. The second-order valence-electron chi connectivity index (χ2n) is 3.25.